The highest BCUT2D eigenvalue weighted by Gasteiger charge is 2.37. The van der Waals surface area contributed by atoms with Crippen LogP contribution in [0.4, 0.5) is 49.6 Å². The number of anilines is 4. The summed E-state index contributed by atoms with van der Waals surface area (Å²) in [5.74, 6) is 1.75. The van der Waals surface area contributed by atoms with Gasteiger partial charge in [-0.25, -0.2) is 9.97 Å². The Kier molecular flexibility index (Phi) is 12.6. The number of nitrogens with zero attached hydrogens (tertiary/aromatic N) is 6. The lowest BCUT2D eigenvalue weighted by molar-refractivity contribution is -0.275. The van der Waals surface area contributed by atoms with Gasteiger partial charge in [-0.05, 0) is 146 Å². The highest BCUT2D eigenvalue weighted by atomic mass is 19.4. The summed E-state index contributed by atoms with van der Waals surface area (Å²) in [5.41, 5.74) is 5.88. The zero-order valence-corrected chi connectivity index (χ0v) is 36.4. The maximum Gasteiger partial charge on any atom is 0.573 e. The van der Waals surface area contributed by atoms with Crippen LogP contribution in [0.15, 0.2) is 84.9 Å². The van der Waals surface area contributed by atoms with Crippen molar-refractivity contribution < 1.29 is 35.8 Å². The zero-order valence-electron chi connectivity index (χ0n) is 36.4. The molecule has 0 saturated heterocycles. The topological polar surface area (TPSA) is 126 Å². The van der Waals surface area contributed by atoms with Crippen LogP contribution in [0.5, 0.6) is 11.5 Å². The first kappa shape index (κ1) is 45.6. The Balaban J connectivity index is 0.000000191. The van der Waals surface area contributed by atoms with Crippen LogP contribution in [0.25, 0.3) is 22.1 Å². The van der Waals surface area contributed by atoms with E-state index in [1.165, 1.54) is 48.5 Å². The van der Waals surface area contributed by atoms with E-state index in [0.29, 0.717) is 57.3 Å². The normalized spacial score (nSPS) is 20.7. The van der Waals surface area contributed by atoms with Gasteiger partial charge < -0.3 is 29.2 Å². The number of aromatic nitrogens is 4. The van der Waals surface area contributed by atoms with E-state index in [-0.39, 0.29) is 34.4 Å². The molecule has 6 aromatic rings. The molecule has 2 aromatic heterocycles. The minimum Gasteiger partial charge on any atom is -0.406 e. The van der Waals surface area contributed by atoms with Gasteiger partial charge in [0, 0.05) is 23.5 Å². The molecular formula is C48H50F6N8O2. The van der Waals surface area contributed by atoms with Gasteiger partial charge in [0.25, 0.3) is 0 Å². The molecule has 2 fully saturated rings. The molecule has 0 spiro atoms. The van der Waals surface area contributed by atoms with Crippen LogP contribution in [0.2, 0.25) is 0 Å². The lowest BCUT2D eigenvalue weighted by Crippen LogP contribution is -2.29. The number of nitriles is 2. The Morgan fingerprint density at radius 3 is 1.25 bits per heavy atom. The Hall–Kier alpha value is -6.42. The molecule has 2 N–H and O–H groups in total. The molecule has 0 bridgehead atoms. The van der Waals surface area contributed by atoms with Crippen molar-refractivity contribution in [3.8, 4) is 23.6 Å². The molecule has 4 atom stereocenters. The molecule has 8 rings (SSSR count). The fraction of sp³-hybridized carbons (Fsp3) is 0.417. The summed E-state index contributed by atoms with van der Waals surface area (Å²) < 4.78 is 86.9. The number of fused-ring (bicyclic) bond motifs is 2. The average Bonchev–Trinajstić information content (AvgIpc) is 3.73. The summed E-state index contributed by atoms with van der Waals surface area (Å²) >= 11 is 0. The van der Waals surface area contributed by atoms with Crippen LogP contribution in [-0.2, 0) is 0 Å². The molecule has 0 aliphatic heterocycles. The van der Waals surface area contributed by atoms with E-state index in [1.54, 1.807) is 24.3 Å². The smallest absolute Gasteiger partial charge is 0.406 e. The maximum absolute atomic E-state index is 12.4. The van der Waals surface area contributed by atoms with Gasteiger partial charge in [0.1, 0.15) is 11.5 Å². The standard InChI is InChI=1S/2C24H25F3N4O/c2*1-15-10-18(13-23(2,3)12-15)31-21-9-4-16(14-28)11-20(21)30-22(31)29-17-5-7-19(8-6-17)32-24(25,26)27/h2*4-9,11,15,18H,10,12-13H2,1-3H3,(H,29,30)/t2*15-,18-/m10/s1. The number of hydrogen-bond acceptors (Lipinski definition) is 8. The number of alkyl halides is 6. The number of imidazole rings is 2. The van der Waals surface area contributed by atoms with E-state index in [1.807, 2.05) is 12.1 Å². The Morgan fingerprint density at radius 2 is 0.938 bits per heavy atom. The lowest BCUT2D eigenvalue weighted by Gasteiger charge is -2.40. The summed E-state index contributed by atoms with van der Waals surface area (Å²) in [6.45, 7) is 13.6. The largest absolute Gasteiger partial charge is 0.573 e. The van der Waals surface area contributed by atoms with Gasteiger partial charge >= 0.3 is 12.7 Å². The third kappa shape index (κ3) is 11.2. The monoisotopic (exact) mass is 884 g/mol. The number of halogens is 6. The van der Waals surface area contributed by atoms with Gasteiger partial charge in [-0.3, -0.25) is 0 Å². The van der Waals surface area contributed by atoms with E-state index in [0.717, 1.165) is 49.6 Å². The fourth-order valence-corrected chi connectivity index (χ4v) is 9.97. The predicted molar refractivity (Wildman–Crippen MR) is 233 cm³/mol. The van der Waals surface area contributed by atoms with E-state index in [2.05, 4.69) is 82.9 Å². The van der Waals surface area contributed by atoms with Gasteiger partial charge in [0.2, 0.25) is 11.9 Å². The molecular weight excluding hydrogens is 835 g/mol. The number of benzene rings is 4. The van der Waals surface area contributed by atoms with Crippen molar-refractivity contribution in [2.24, 2.45) is 22.7 Å². The first-order valence-electron chi connectivity index (χ1n) is 21.2. The van der Waals surface area contributed by atoms with E-state index in [9.17, 15) is 36.9 Å². The summed E-state index contributed by atoms with van der Waals surface area (Å²) in [5, 5.41) is 25.1. The van der Waals surface area contributed by atoms with Gasteiger partial charge in [0.05, 0.1) is 45.3 Å². The molecule has 2 heterocycles. The van der Waals surface area contributed by atoms with Crippen molar-refractivity contribution in [3.63, 3.8) is 0 Å². The van der Waals surface area contributed by atoms with Crippen LogP contribution in [-0.4, -0.2) is 31.8 Å². The maximum atomic E-state index is 12.4. The average molecular weight is 885 g/mol. The van der Waals surface area contributed by atoms with E-state index < -0.39 is 12.7 Å². The molecule has 0 amide bonds. The van der Waals surface area contributed by atoms with Crippen molar-refractivity contribution in [3.05, 3.63) is 96.1 Å². The molecule has 64 heavy (non-hydrogen) atoms. The van der Waals surface area contributed by atoms with Gasteiger partial charge in [-0.1, -0.05) is 41.5 Å². The second-order valence-corrected chi connectivity index (χ2v) is 18.8. The zero-order chi connectivity index (χ0) is 46.2. The first-order valence-corrected chi connectivity index (χ1v) is 21.2. The second-order valence-electron chi connectivity index (χ2n) is 18.8. The number of rotatable bonds is 8. The predicted octanol–water partition coefficient (Wildman–Crippen LogP) is 13.9. The number of hydrogen-bond donors (Lipinski definition) is 2. The van der Waals surface area contributed by atoms with Crippen molar-refractivity contribution in [2.45, 2.75) is 105 Å². The highest BCUT2D eigenvalue weighted by molar-refractivity contribution is 5.82. The Morgan fingerprint density at radius 1 is 0.578 bits per heavy atom. The van der Waals surface area contributed by atoms with Crippen LogP contribution in [0, 0.1) is 45.3 Å². The molecule has 2 saturated carbocycles. The van der Waals surface area contributed by atoms with Crippen LogP contribution in [0.1, 0.15) is 103 Å². The quantitative estimate of drug-likeness (QED) is 0.145. The molecule has 0 unspecified atom stereocenters. The molecule has 2 aliphatic rings. The number of nitrogens with one attached hydrogen (secondary N) is 2. The van der Waals surface area contributed by atoms with Crippen molar-refractivity contribution >= 4 is 45.3 Å². The molecule has 0 radical (unpaired) electrons. The van der Waals surface area contributed by atoms with Gasteiger partial charge in [-0.2, -0.15) is 10.5 Å². The molecule has 4 aromatic carbocycles. The van der Waals surface area contributed by atoms with E-state index in [4.69, 9.17) is 9.97 Å². The van der Waals surface area contributed by atoms with Crippen LogP contribution >= 0.6 is 0 Å². The molecule has 10 nitrogen and oxygen atoms in total. The third-order valence-electron chi connectivity index (χ3n) is 11.8. The SMILES string of the molecule is C[C@@H]1C[C@@H](n2c(Nc3ccc(OC(F)(F)F)cc3)nc3cc(C#N)ccc32)CC(C)(C)C1.C[C@H]1C[C@H](n2c(Nc3ccc(OC(F)(F)F)cc3)nc3cc(C#N)ccc32)CC(C)(C)C1. The Labute approximate surface area is 367 Å². The van der Waals surface area contributed by atoms with Crippen molar-refractivity contribution in [2.75, 3.05) is 10.6 Å². The summed E-state index contributed by atoms with van der Waals surface area (Å²) in [6, 6.07) is 26.8. The lowest BCUT2D eigenvalue weighted by atomic mass is 9.70. The minimum atomic E-state index is -4.73. The first-order chi connectivity index (χ1) is 30.1. The van der Waals surface area contributed by atoms with Crippen molar-refractivity contribution in [1.29, 1.82) is 10.5 Å². The van der Waals surface area contributed by atoms with Crippen LogP contribution < -0.4 is 20.1 Å². The third-order valence-corrected chi connectivity index (χ3v) is 11.8. The molecule has 2 aliphatic carbocycles. The number of ether oxygens (including phenoxy) is 2. The highest BCUT2D eigenvalue weighted by Crippen LogP contribution is 2.47. The second kappa shape index (κ2) is 17.6. The van der Waals surface area contributed by atoms with E-state index >= 15 is 0 Å². The van der Waals surface area contributed by atoms with Gasteiger partial charge in [-0.15, -0.1) is 26.3 Å². The fourth-order valence-electron chi connectivity index (χ4n) is 9.97. The van der Waals surface area contributed by atoms with Gasteiger partial charge in [0.15, 0.2) is 0 Å². The summed E-state index contributed by atoms with van der Waals surface area (Å²) in [7, 11) is 0. The minimum absolute atomic E-state index is 0.180. The molecule has 336 valence electrons. The Bertz CT molecular complexity index is 2500. The van der Waals surface area contributed by atoms with Crippen LogP contribution in [0.3, 0.4) is 0 Å². The summed E-state index contributed by atoms with van der Waals surface area (Å²) in [4.78, 5) is 9.47. The summed E-state index contributed by atoms with van der Waals surface area (Å²) in [6.07, 6.45) is -3.19. The molecule has 16 heteroatoms. The van der Waals surface area contributed by atoms with Crippen molar-refractivity contribution in [1.82, 2.24) is 19.1 Å².